The summed E-state index contributed by atoms with van der Waals surface area (Å²) < 4.78 is 34.9. The molecule has 0 saturated heterocycles. The average Bonchev–Trinajstić information content (AvgIpc) is 0.920. The van der Waals surface area contributed by atoms with E-state index in [9.17, 15) is 19.0 Å². The van der Waals surface area contributed by atoms with Gasteiger partial charge in [0.2, 0.25) is 0 Å². The number of carbonyl (C=O) groups excluding carboxylic acids is 2. The van der Waals surface area contributed by atoms with Gasteiger partial charge in [-0.3, -0.25) is 18.6 Å². The number of hydrogen-bond acceptors (Lipinski definition) is 7. The van der Waals surface area contributed by atoms with E-state index in [-0.39, 0.29) is 25.6 Å². The van der Waals surface area contributed by atoms with E-state index < -0.39 is 26.5 Å². The van der Waals surface area contributed by atoms with Crippen molar-refractivity contribution in [3.05, 3.63) is 109 Å². The van der Waals surface area contributed by atoms with Crippen LogP contribution in [0.5, 0.6) is 0 Å². The van der Waals surface area contributed by atoms with Crippen LogP contribution in [0.2, 0.25) is 0 Å². The standard InChI is InChI=1S/C94H170NO8P/c1-6-8-10-12-14-16-18-20-22-24-26-28-30-32-34-36-38-40-42-44-46-47-49-51-53-55-57-59-61-63-65-67-69-71-73-75-77-79-81-83-85-87-94(97)103-92(91-102-104(98,99)101-89-88-95(3,4)5)90-100-93(96)86-84-82-80-78-76-74-72-70-68-66-64-62-60-58-56-54-52-50-48-45-43-41-39-37-35-33-31-29-27-25-23-21-19-17-15-13-11-9-7-2/h8,10,14,16,19-22,25-28,31-34,38,40,92H,6-7,9,11-13,15,17-18,23-24,29-30,35-37,39,41-91H2,1-5H3/p+1/b10-8-,16-14-,21-19-,22-20-,27-25-,28-26-,33-31-,34-32-,40-38-. The van der Waals surface area contributed by atoms with E-state index in [1.807, 2.05) is 21.1 Å². The van der Waals surface area contributed by atoms with Crippen molar-refractivity contribution in [2.75, 3.05) is 47.5 Å². The molecule has 2 unspecified atom stereocenters. The maximum Gasteiger partial charge on any atom is 0.472 e. The molecule has 10 heteroatoms. The van der Waals surface area contributed by atoms with Crippen LogP contribution in [0.4, 0.5) is 0 Å². The molecular weight excluding hydrogens is 1300 g/mol. The highest BCUT2D eigenvalue weighted by Gasteiger charge is 2.27. The first-order chi connectivity index (χ1) is 51.0. The predicted octanol–water partition coefficient (Wildman–Crippen LogP) is 30.3. The Balaban J connectivity index is 3.87. The van der Waals surface area contributed by atoms with Gasteiger partial charge in [-0.05, 0) is 103 Å². The number of carbonyl (C=O) groups is 2. The van der Waals surface area contributed by atoms with E-state index in [1.54, 1.807) is 0 Å². The monoisotopic (exact) mass is 1470 g/mol. The first kappa shape index (κ1) is 101. The molecule has 0 radical (unpaired) electrons. The number of phosphoric acid groups is 1. The number of esters is 2. The van der Waals surface area contributed by atoms with Crippen LogP contribution >= 0.6 is 7.82 Å². The van der Waals surface area contributed by atoms with Crippen molar-refractivity contribution < 1.29 is 42.1 Å². The molecule has 2 atom stereocenters. The van der Waals surface area contributed by atoms with Crippen molar-refractivity contribution in [2.24, 2.45) is 0 Å². The second-order valence-electron chi connectivity index (χ2n) is 31.3. The fourth-order valence-electron chi connectivity index (χ4n) is 13.0. The van der Waals surface area contributed by atoms with E-state index >= 15 is 0 Å². The number of ether oxygens (including phenoxy) is 2. The van der Waals surface area contributed by atoms with Crippen molar-refractivity contribution in [3.8, 4) is 0 Å². The third-order valence-corrected chi connectivity index (χ3v) is 20.8. The zero-order chi connectivity index (χ0) is 75.4. The SMILES string of the molecule is CC/C=C\C/C=C\C/C=C\C/C=C\C/C=C\C/C=C\CCCCCCCCCCCCCCCCCCCCCCCCC(=O)OC(COC(=O)CCCCCCCCCCCCCCCCCCCCCCCCCC/C=C\C/C=C\C/C=C\CCCCCCC)COP(=O)(O)OCC[N+](C)(C)C. The van der Waals surface area contributed by atoms with Gasteiger partial charge < -0.3 is 18.9 Å². The molecule has 0 spiro atoms. The Morgan fingerprint density at radius 2 is 0.548 bits per heavy atom. The van der Waals surface area contributed by atoms with Crippen LogP contribution < -0.4 is 0 Å². The van der Waals surface area contributed by atoms with Crippen LogP contribution in [-0.2, 0) is 32.7 Å². The second kappa shape index (κ2) is 83.7. The molecule has 0 aromatic carbocycles. The van der Waals surface area contributed by atoms with Crippen LogP contribution in [0, 0.1) is 0 Å². The van der Waals surface area contributed by atoms with Crippen LogP contribution in [0.25, 0.3) is 0 Å². The molecule has 1 N–H and O–H groups in total. The highest BCUT2D eigenvalue weighted by Crippen LogP contribution is 2.43. The van der Waals surface area contributed by atoms with Crippen LogP contribution in [0.1, 0.15) is 425 Å². The Morgan fingerprint density at radius 1 is 0.308 bits per heavy atom. The molecule has 0 fully saturated rings. The highest BCUT2D eigenvalue weighted by atomic mass is 31.2. The molecule has 0 aromatic heterocycles. The van der Waals surface area contributed by atoms with Gasteiger partial charge in [-0.15, -0.1) is 0 Å². The van der Waals surface area contributed by atoms with Gasteiger partial charge in [0.15, 0.2) is 6.10 Å². The highest BCUT2D eigenvalue weighted by molar-refractivity contribution is 7.47. The van der Waals surface area contributed by atoms with Crippen molar-refractivity contribution in [3.63, 3.8) is 0 Å². The van der Waals surface area contributed by atoms with Crippen molar-refractivity contribution in [1.82, 2.24) is 0 Å². The minimum Gasteiger partial charge on any atom is -0.462 e. The average molecular weight is 1470 g/mol. The lowest BCUT2D eigenvalue weighted by atomic mass is 10.0. The molecule has 104 heavy (non-hydrogen) atoms. The van der Waals surface area contributed by atoms with Gasteiger partial charge in [0.1, 0.15) is 19.8 Å². The Morgan fingerprint density at radius 3 is 0.817 bits per heavy atom. The van der Waals surface area contributed by atoms with Gasteiger partial charge in [-0.25, -0.2) is 4.57 Å². The number of rotatable bonds is 83. The third-order valence-electron chi connectivity index (χ3n) is 19.8. The zero-order valence-corrected chi connectivity index (χ0v) is 70.1. The van der Waals surface area contributed by atoms with E-state index in [0.29, 0.717) is 23.9 Å². The predicted molar refractivity (Wildman–Crippen MR) is 455 cm³/mol. The molecule has 0 aromatic rings. The van der Waals surface area contributed by atoms with E-state index in [4.69, 9.17) is 18.5 Å². The maximum absolute atomic E-state index is 13.0. The topological polar surface area (TPSA) is 108 Å². The second-order valence-corrected chi connectivity index (χ2v) is 32.7. The van der Waals surface area contributed by atoms with Gasteiger partial charge in [0, 0.05) is 12.8 Å². The van der Waals surface area contributed by atoms with Crippen LogP contribution in [0.3, 0.4) is 0 Å². The Bertz CT molecular complexity index is 2130. The molecule has 0 heterocycles. The summed E-state index contributed by atoms with van der Waals surface area (Å²) in [7, 11) is 1.49. The molecule has 9 nitrogen and oxygen atoms in total. The summed E-state index contributed by atoms with van der Waals surface area (Å²) >= 11 is 0. The number of likely N-dealkylation sites (N-methyl/N-ethyl adjacent to an activating group) is 1. The molecule has 0 aliphatic heterocycles. The van der Waals surface area contributed by atoms with Crippen LogP contribution in [0.15, 0.2) is 109 Å². The van der Waals surface area contributed by atoms with Gasteiger partial charge >= 0.3 is 19.8 Å². The number of phosphoric ester groups is 1. The number of allylic oxidation sites excluding steroid dienone is 18. The Hall–Kier alpha value is -3.33. The molecule has 0 rings (SSSR count). The third kappa shape index (κ3) is 87.6. The lowest BCUT2D eigenvalue weighted by molar-refractivity contribution is -0.870. The molecule has 0 amide bonds. The fourth-order valence-corrected chi connectivity index (χ4v) is 13.8. The summed E-state index contributed by atoms with van der Waals surface area (Å²) in [6, 6.07) is 0. The fraction of sp³-hybridized carbons (Fsp3) is 0.787. The van der Waals surface area contributed by atoms with Crippen molar-refractivity contribution in [2.45, 2.75) is 431 Å². The summed E-state index contributed by atoms with van der Waals surface area (Å²) in [6.07, 6.45) is 120. The smallest absolute Gasteiger partial charge is 0.462 e. The van der Waals surface area contributed by atoms with Gasteiger partial charge in [-0.1, -0.05) is 419 Å². The summed E-state index contributed by atoms with van der Waals surface area (Å²) in [4.78, 5) is 36.1. The van der Waals surface area contributed by atoms with Gasteiger partial charge in [-0.2, -0.15) is 0 Å². The summed E-state index contributed by atoms with van der Waals surface area (Å²) in [5.74, 6) is -0.776. The molecule has 0 bridgehead atoms. The number of unbranched alkanes of at least 4 members (excludes halogenated alkanes) is 51. The summed E-state index contributed by atoms with van der Waals surface area (Å²) in [6.45, 7) is 4.37. The minimum atomic E-state index is -4.40. The Kier molecular flexibility index (Phi) is 81.0. The lowest BCUT2D eigenvalue weighted by Gasteiger charge is -2.24. The van der Waals surface area contributed by atoms with E-state index in [1.165, 1.54) is 308 Å². The minimum absolute atomic E-state index is 0.0323. The summed E-state index contributed by atoms with van der Waals surface area (Å²) in [5, 5.41) is 0. The Labute approximate surface area is 646 Å². The van der Waals surface area contributed by atoms with Crippen LogP contribution in [-0.4, -0.2) is 74.9 Å². The van der Waals surface area contributed by atoms with Crippen molar-refractivity contribution in [1.29, 1.82) is 0 Å². The first-order valence-corrected chi connectivity index (χ1v) is 46.1. The number of quaternary nitrogens is 1. The van der Waals surface area contributed by atoms with Crippen molar-refractivity contribution >= 4 is 19.8 Å². The van der Waals surface area contributed by atoms with E-state index in [0.717, 1.165) is 83.5 Å². The number of nitrogens with zero attached hydrogens (tertiary/aromatic N) is 1. The largest absolute Gasteiger partial charge is 0.472 e. The first-order valence-electron chi connectivity index (χ1n) is 44.6. The molecule has 0 aliphatic rings. The quantitative estimate of drug-likeness (QED) is 0.0211. The zero-order valence-electron chi connectivity index (χ0n) is 69.3. The normalized spacial score (nSPS) is 13.5. The van der Waals surface area contributed by atoms with E-state index in [2.05, 4.69) is 123 Å². The van der Waals surface area contributed by atoms with Gasteiger partial charge in [0.05, 0.1) is 27.7 Å². The van der Waals surface area contributed by atoms with Gasteiger partial charge in [0.25, 0.3) is 0 Å². The molecule has 0 aliphatic carbocycles. The molecule has 0 saturated carbocycles. The molecule has 604 valence electrons. The number of hydrogen-bond donors (Lipinski definition) is 1. The summed E-state index contributed by atoms with van der Waals surface area (Å²) in [5.41, 5.74) is 0. The maximum atomic E-state index is 13.0. The lowest BCUT2D eigenvalue weighted by Crippen LogP contribution is -2.37. The molecular formula is C94H171NO8P+.